The van der Waals surface area contributed by atoms with Gasteiger partial charge < -0.3 is 4.42 Å². The number of aromatic nitrogens is 2. The summed E-state index contributed by atoms with van der Waals surface area (Å²) in [6, 6.07) is 35.0. The predicted molar refractivity (Wildman–Crippen MR) is 130 cm³/mol. The summed E-state index contributed by atoms with van der Waals surface area (Å²) in [5, 5.41) is 2.23. The van der Waals surface area contributed by atoms with Gasteiger partial charge in [-0.15, -0.1) is 0 Å². The molecule has 0 saturated carbocycles. The van der Waals surface area contributed by atoms with Crippen LogP contribution in [-0.4, -0.2) is 9.97 Å². The van der Waals surface area contributed by atoms with E-state index in [-0.39, 0.29) is 0 Å². The van der Waals surface area contributed by atoms with Crippen LogP contribution in [-0.2, 0) is 0 Å². The Hall–Kier alpha value is -4.24. The maximum atomic E-state index is 6.13. The average molecular weight is 412 g/mol. The van der Waals surface area contributed by atoms with Crippen LogP contribution in [0.3, 0.4) is 0 Å². The molecular weight excluding hydrogens is 392 g/mol. The predicted octanol–water partition coefficient (Wildman–Crippen LogP) is 7.69. The second-order valence-electron chi connectivity index (χ2n) is 7.96. The molecule has 32 heavy (non-hydrogen) atoms. The van der Waals surface area contributed by atoms with Crippen LogP contribution in [0, 0.1) is 6.92 Å². The van der Waals surface area contributed by atoms with Gasteiger partial charge in [-0.25, -0.2) is 9.97 Å². The van der Waals surface area contributed by atoms with Gasteiger partial charge in [0.15, 0.2) is 5.82 Å². The minimum absolute atomic E-state index is 0.718. The Labute approximate surface area is 186 Å². The molecule has 0 amide bonds. The first-order chi connectivity index (χ1) is 15.8. The molecule has 0 spiro atoms. The maximum absolute atomic E-state index is 6.13. The molecule has 152 valence electrons. The van der Waals surface area contributed by atoms with E-state index >= 15 is 0 Å². The number of benzene rings is 4. The Balaban J connectivity index is 1.58. The molecule has 0 atom stereocenters. The van der Waals surface area contributed by atoms with Crippen LogP contribution in [0.2, 0.25) is 0 Å². The van der Waals surface area contributed by atoms with Gasteiger partial charge in [0.1, 0.15) is 11.2 Å². The van der Waals surface area contributed by atoms with Crippen molar-refractivity contribution in [3.05, 3.63) is 109 Å². The van der Waals surface area contributed by atoms with E-state index in [9.17, 15) is 0 Å². The molecule has 3 nitrogen and oxygen atoms in total. The summed E-state index contributed by atoms with van der Waals surface area (Å²) in [6.45, 7) is 2.08. The van der Waals surface area contributed by atoms with Crippen molar-refractivity contribution in [1.29, 1.82) is 0 Å². The summed E-state index contributed by atoms with van der Waals surface area (Å²) in [5.41, 5.74) is 7.87. The fourth-order valence-corrected chi connectivity index (χ4v) is 4.17. The highest BCUT2D eigenvalue weighted by atomic mass is 16.3. The smallest absolute Gasteiger partial charge is 0.160 e. The molecule has 4 aromatic carbocycles. The number of fused-ring (bicyclic) bond motifs is 3. The monoisotopic (exact) mass is 412 g/mol. The van der Waals surface area contributed by atoms with Crippen molar-refractivity contribution in [2.24, 2.45) is 0 Å². The molecule has 3 heteroatoms. The summed E-state index contributed by atoms with van der Waals surface area (Å²) >= 11 is 0. The topological polar surface area (TPSA) is 38.9 Å². The Morgan fingerprint density at radius 1 is 0.562 bits per heavy atom. The highest BCUT2D eigenvalue weighted by molar-refractivity contribution is 6.07. The molecule has 2 aromatic heterocycles. The zero-order valence-corrected chi connectivity index (χ0v) is 17.6. The van der Waals surface area contributed by atoms with Crippen LogP contribution in [0.1, 0.15) is 5.56 Å². The molecule has 0 N–H and O–H groups in total. The number of rotatable bonds is 3. The van der Waals surface area contributed by atoms with Crippen molar-refractivity contribution in [1.82, 2.24) is 9.97 Å². The highest BCUT2D eigenvalue weighted by Crippen LogP contribution is 2.34. The molecule has 0 unspecified atom stereocenters. The van der Waals surface area contributed by atoms with Crippen LogP contribution in [0.5, 0.6) is 0 Å². The molecule has 0 aliphatic rings. The van der Waals surface area contributed by atoms with E-state index < -0.39 is 0 Å². The normalized spacial score (nSPS) is 11.3. The molecule has 0 aliphatic heterocycles. The van der Waals surface area contributed by atoms with Crippen LogP contribution in [0.15, 0.2) is 108 Å². The lowest BCUT2D eigenvalue weighted by molar-refractivity contribution is 0.666. The summed E-state index contributed by atoms with van der Waals surface area (Å²) < 4.78 is 6.13. The van der Waals surface area contributed by atoms with Crippen molar-refractivity contribution in [3.8, 4) is 33.9 Å². The largest absolute Gasteiger partial charge is 0.456 e. The second kappa shape index (κ2) is 7.47. The Morgan fingerprint density at radius 2 is 1.25 bits per heavy atom. The SMILES string of the molecule is Cc1cccc2c1oc1ccc(-c3cc(-c4ccccc4)nc(-c4ccccc4)n3)cc12. The van der Waals surface area contributed by atoms with Crippen molar-refractivity contribution in [3.63, 3.8) is 0 Å². The first-order valence-electron chi connectivity index (χ1n) is 10.7. The minimum Gasteiger partial charge on any atom is -0.456 e. The van der Waals surface area contributed by atoms with Gasteiger partial charge in [0, 0.05) is 27.5 Å². The first-order valence-corrected chi connectivity index (χ1v) is 10.7. The third-order valence-electron chi connectivity index (χ3n) is 5.82. The van der Waals surface area contributed by atoms with E-state index in [1.54, 1.807) is 0 Å². The lowest BCUT2D eigenvalue weighted by Gasteiger charge is -2.09. The minimum atomic E-state index is 0.718. The lowest BCUT2D eigenvalue weighted by atomic mass is 10.0. The standard InChI is InChI=1S/C29H20N2O/c1-19-9-8-14-23-24-17-22(15-16-27(24)32-28(19)23)26-18-25(20-10-4-2-5-11-20)30-29(31-26)21-12-6-3-7-13-21/h2-18H,1H3. The molecule has 0 radical (unpaired) electrons. The quantitative estimate of drug-likeness (QED) is 0.299. The van der Waals surface area contributed by atoms with Gasteiger partial charge in [0.25, 0.3) is 0 Å². The van der Waals surface area contributed by atoms with Gasteiger partial charge in [-0.1, -0.05) is 78.9 Å². The van der Waals surface area contributed by atoms with Crippen molar-refractivity contribution in [2.45, 2.75) is 6.92 Å². The Bertz CT molecular complexity index is 1510. The van der Waals surface area contributed by atoms with E-state index in [1.807, 2.05) is 54.6 Å². The zero-order chi connectivity index (χ0) is 21.5. The van der Waals surface area contributed by atoms with E-state index in [1.165, 1.54) is 0 Å². The van der Waals surface area contributed by atoms with Gasteiger partial charge in [-0.3, -0.25) is 0 Å². The van der Waals surface area contributed by atoms with Crippen LogP contribution in [0.4, 0.5) is 0 Å². The summed E-state index contributed by atoms with van der Waals surface area (Å²) in [7, 11) is 0. The number of aryl methyl sites for hydroxylation is 1. The fourth-order valence-electron chi connectivity index (χ4n) is 4.17. The summed E-state index contributed by atoms with van der Waals surface area (Å²) in [4.78, 5) is 9.83. The number of furan rings is 1. The molecule has 6 rings (SSSR count). The van der Waals surface area contributed by atoms with Crippen molar-refractivity contribution >= 4 is 21.9 Å². The van der Waals surface area contributed by atoms with Gasteiger partial charge >= 0.3 is 0 Å². The fraction of sp³-hybridized carbons (Fsp3) is 0.0345. The Kier molecular flexibility index (Phi) is 4.32. The van der Waals surface area contributed by atoms with Gasteiger partial charge in [-0.05, 0) is 36.8 Å². The van der Waals surface area contributed by atoms with Gasteiger partial charge in [-0.2, -0.15) is 0 Å². The van der Waals surface area contributed by atoms with E-state index in [2.05, 4.69) is 55.5 Å². The molecule has 0 saturated heterocycles. The first kappa shape index (κ1) is 18.5. The van der Waals surface area contributed by atoms with Crippen molar-refractivity contribution < 1.29 is 4.42 Å². The number of nitrogens with zero attached hydrogens (tertiary/aromatic N) is 2. The molecule has 6 aromatic rings. The van der Waals surface area contributed by atoms with Crippen LogP contribution < -0.4 is 0 Å². The zero-order valence-electron chi connectivity index (χ0n) is 17.6. The second-order valence-corrected chi connectivity index (χ2v) is 7.96. The molecule has 2 heterocycles. The number of hydrogen-bond donors (Lipinski definition) is 0. The van der Waals surface area contributed by atoms with E-state index in [0.29, 0.717) is 0 Å². The molecule has 0 aliphatic carbocycles. The molecular formula is C29H20N2O. The third kappa shape index (κ3) is 3.15. The van der Waals surface area contributed by atoms with Crippen molar-refractivity contribution in [2.75, 3.05) is 0 Å². The number of para-hydroxylation sites is 1. The maximum Gasteiger partial charge on any atom is 0.160 e. The Morgan fingerprint density at radius 3 is 2.00 bits per heavy atom. The summed E-state index contributed by atoms with van der Waals surface area (Å²) in [6.07, 6.45) is 0. The average Bonchev–Trinajstić information content (AvgIpc) is 3.24. The van der Waals surface area contributed by atoms with Gasteiger partial charge in [0.2, 0.25) is 0 Å². The highest BCUT2D eigenvalue weighted by Gasteiger charge is 2.13. The number of hydrogen-bond acceptors (Lipinski definition) is 3. The van der Waals surface area contributed by atoms with Crippen LogP contribution in [0.25, 0.3) is 55.8 Å². The molecule has 0 bridgehead atoms. The van der Waals surface area contributed by atoms with E-state index in [0.717, 1.165) is 61.4 Å². The van der Waals surface area contributed by atoms with Crippen LogP contribution >= 0.6 is 0 Å². The molecule has 0 fully saturated rings. The third-order valence-corrected chi connectivity index (χ3v) is 5.82. The van der Waals surface area contributed by atoms with E-state index in [4.69, 9.17) is 14.4 Å². The summed E-state index contributed by atoms with van der Waals surface area (Å²) in [5.74, 6) is 0.718. The van der Waals surface area contributed by atoms with Gasteiger partial charge in [0.05, 0.1) is 11.4 Å². The lowest BCUT2D eigenvalue weighted by Crippen LogP contribution is -1.95.